The second-order valence-corrected chi connectivity index (χ2v) is 5.80. The number of carbonyl (C=O) groups is 1. The monoisotopic (exact) mass is 266 g/mol. The van der Waals surface area contributed by atoms with Gasteiger partial charge in [0.15, 0.2) is 11.9 Å². The molecule has 104 valence electrons. The predicted molar refractivity (Wildman–Crippen MR) is 68.2 cm³/mol. The van der Waals surface area contributed by atoms with Crippen molar-refractivity contribution in [2.45, 2.75) is 31.9 Å². The number of hydrogen-bond donors (Lipinski definition) is 2. The number of amides is 1. The molecule has 6 nitrogen and oxygen atoms in total. The van der Waals surface area contributed by atoms with Gasteiger partial charge >= 0.3 is 0 Å². The van der Waals surface area contributed by atoms with Crippen molar-refractivity contribution < 1.29 is 18.9 Å². The molecule has 3 aliphatic heterocycles. The summed E-state index contributed by atoms with van der Waals surface area (Å²) in [6.45, 7) is 4.59. The number of aliphatic hydroxyl groups excluding tert-OH is 1. The van der Waals surface area contributed by atoms with Crippen LogP contribution in [0.3, 0.4) is 0 Å². The van der Waals surface area contributed by atoms with Crippen molar-refractivity contribution in [1.29, 1.82) is 0 Å². The molecular formula is C13H20N3O3+. The van der Waals surface area contributed by atoms with Gasteiger partial charge in [0, 0.05) is 24.8 Å². The zero-order chi connectivity index (χ0) is 13.5. The molecule has 3 saturated heterocycles. The Kier molecular flexibility index (Phi) is 3.06. The molecule has 3 fully saturated rings. The van der Waals surface area contributed by atoms with E-state index < -0.39 is 0 Å². The fourth-order valence-corrected chi connectivity index (χ4v) is 3.49. The first-order chi connectivity index (χ1) is 9.11. The quantitative estimate of drug-likeness (QED) is 0.786. The molecule has 4 heterocycles. The van der Waals surface area contributed by atoms with E-state index in [9.17, 15) is 9.90 Å². The first-order valence-corrected chi connectivity index (χ1v) is 6.86. The van der Waals surface area contributed by atoms with Crippen LogP contribution in [0.4, 0.5) is 5.82 Å². The molecule has 1 unspecified atom stereocenters. The Balaban J connectivity index is 1.72. The molecule has 19 heavy (non-hydrogen) atoms. The normalized spacial score (nSPS) is 35.1. The summed E-state index contributed by atoms with van der Waals surface area (Å²) in [6, 6.07) is 1.45. The highest BCUT2D eigenvalue weighted by molar-refractivity contribution is 5.92. The van der Waals surface area contributed by atoms with Crippen LogP contribution in [0.15, 0.2) is 16.9 Å². The Hall–Kier alpha value is -1.40. The molecule has 6 heteroatoms. The van der Waals surface area contributed by atoms with E-state index >= 15 is 0 Å². The summed E-state index contributed by atoms with van der Waals surface area (Å²) >= 11 is 0. The lowest BCUT2D eigenvalue weighted by atomic mass is 9.82. The van der Waals surface area contributed by atoms with Crippen LogP contribution in [0, 0.1) is 5.92 Å². The summed E-state index contributed by atoms with van der Waals surface area (Å²) in [4.78, 5) is 12.3. The highest BCUT2D eigenvalue weighted by Crippen LogP contribution is 2.36. The summed E-state index contributed by atoms with van der Waals surface area (Å²) in [6.07, 6.45) is 3.21. The smallest absolute Gasteiger partial charge is 0.283 e. The summed E-state index contributed by atoms with van der Waals surface area (Å²) < 4.78 is 5.40. The largest absolute Gasteiger partial charge is 0.387 e. The van der Waals surface area contributed by atoms with Gasteiger partial charge in [-0.3, -0.25) is 4.79 Å². The standard InChI is InChI=1S/C13H19N3O3/c1-9(13(18)14-12-4-7-19-15-12)16-5-2-10(3-6-16)11(17)8-16/h4,7,9-11,17H,2-3,5-6,8H2,1H3/p+1/t9?,10?,11-,16?/m0/s1. The van der Waals surface area contributed by atoms with Crippen molar-refractivity contribution >= 4 is 11.7 Å². The van der Waals surface area contributed by atoms with E-state index in [1.807, 2.05) is 6.92 Å². The Morgan fingerprint density at radius 2 is 2.32 bits per heavy atom. The molecule has 0 aromatic carbocycles. The lowest BCUT2D eigenvalue weighted by Gasteiger charge is -2.53. The van der Waals surface area contributed by atoms with E-state index in [1.54, 1.807) is 6.07 Å². The second-order valence-electron chi connectivity index (χ2n) is 5.80. The third-order valence-electron chi connectivity index (χ3n) is 4.88. The summed E-state index contributed by atoms with van der Waals surface area (Å²) in [5, 5.41) is 16.5. The van der Waals surface area contributed by atoms with E-state index in [4.69, 9.17) is 4.52 Å². The Morgan fingerprint density at radius 1 is 1.58 bits per heavy atom. The van der Waals surface area contributed by atoms with Crippen molar-refractivity contribution in [2.24, 2.45) is 5.92 Å². The van der Waals surface area contributed by atoms with Crippen LogP contribution >= 0.6 is 0 Å². The number of aromatic nitrogens is 1. The molecule has 1 amide bonds. The van der Waals surface area contributed by atoms with Gasteiger partial charge in [-0.25, -0.2) is 0 Å². The predicted octanol–water partition coefficient (Wildman–Crippen LogP) is 0.603. The highest BCUT2D eigenvalue weighted by atomic mass is 16.5. The van der Waals surface area contributed by atoms with Crippen molar-refractivity contribution in [3.8, 4) is 0 Å². The van der Waals surface area contributed by atoms with Gasteiger partial charge in [-0.2, -0.15) is 0 Å². The number of nitrogens with zero attached hydrogens (tertiary/aromatic N) is 2. The maximum absolute atomic E-state index is 12.3. The van der Waals surface area contributed by atoms with Crippen LogP contribution in [-0.2, 0) is 4.79 Å². The molecule has 2 atom stereocenters. The fraction of sp³-hybridized carbons (Fsp3) is 0.692. The zero-order valence-corrected chi connectivity index (χ0v) is 11.1. The van der Waals surface area contributed by atoms with Gasteiger partial charge < -0.3 is 19.4 Å². The summed E-state index contributed by atoms with van der Waals surface area (Å²) in [5.74, 6) is 0.828. The number of hydrogen-bond acceptors (Lipinski definition) is 4. The number of nitrogens with one attached hydrogen (secondary N) is 1. The van der Waals surface area contributed by atoms with Crippen molar-refractivity contribution in [3.63, 3.8) is 0 Å². The number of quaternary nitrogens is 1. The summed E-state index contributed by atoms with van der Waals surface area (Å²) in [7, 11) is 0. The Bertz CT molecular complexity index is 452. The van der Waals surface area contributed by atoms with Gasteiger partial charge in [0.2, 0.25) is 0 Å². The topological polar surface area (TPSA) is 75.4 Å². The number of fused-ring (bicyclic) bond motifs is 3. The van der Waals surface area contributed by atoms with Crippen LogP contribution in [0.2, 0.25) is 0 Å². The Morgan fingerprint density at radius 3 is 2.89 bits per heavy atom. The number of carbonyl (C=O) groups excluding carboxylic acids is 1. The third kappa shape index (κ3) is 2.15. The van der Waals surface area contributed by atoms with Gasteiger partial charge in [0.25, 0.3) is 5.91 Å². The molecule has 1 aromatic rings. The van der Waals surface area contributed by atoms with Crippen LogP contribution in [0.1, 0.15) is 19.8 Å². The molecule has 4 rings (SSSR count). The van der Waals surface area contributed by atoms with Gasteiger partial charge in [-0.05, 0) is 6.92 Å². The number of piperidine rings is 3. The molecule has 0 spiro atoms. The second kappa shape index (κ2) is 4.61. The van der Waals surface area contributed by atoms with E-state index in [1.165, 1.54) is 6.26 Å². The molecule has 0 radical (unpaired) electrons. The average molecular weight is 266 g/mol. The van der Waals surface area contributed by atoms with E-state index in [-0.39, 0.29) is 18.1 Å². The molecular weight excluding hydrogens is 246 g/mol. The van der Waals surface area contributed by atoms with Gasteiger partial charge in [0.05, 0.1) is 13.1 Å². The van der Waals surface area contributed by atoms with Gasteiger partial charge in [0.1, 0.15) is 18.9 Å². The minimum Gasteiger partial charge on any atom is -0.387 e. The summed E-state index contributed by atoms with van der Waals surface area (Å²) in [5.41, 5.74) is 0. The number of aliphatic hydroxyl groups is 1. The molecule has 0 saturated carbocycles. The first kappa shape index (κ1) is 12.6. The molecule has 2 bridgehead atoms. The minimum atomic E-state index is -0.259. The molecule has 0 aliphatic carbocycles. The maximum Gasteiger partial charge on any atom is 0.283 e. The van der Waals surface area contributed by atoms with Crippen molar-refractivity contribution in [3.05, 3.63) is 12.3 Å². The van der Waals surface area contributed by atoms with E-state index in [0.29, 0.717) is 22.8 Å². The number of anilines is 1. The molecule has 2 N–H and O–H groups in total. The van der Waals surface area contributed by atoms with Crippen molar-refractivity contribution in [2.75, 3.05) is 25.0 Å². The molecule has 3 aliphatic rings. The van der Waals surface area contributed by atoms with Crippen LogP contribution in [0.25, 0.3) is 0 Å². The zero-order valence-electron chi connectivity index (χ0n) is 11.1. The lowest BCUT2D eigenvalue weighted by Crippen LogP contribution is -2.69. The van der Waals surface area contributed by atoms with Gasteiger partial charge in [-0.15, -0.1) is 0 Å². The first-order valence-electron chi connectivity index (χ1n) is 6.86. The van der Waals surface area contributed by atoms with E-state index in [2.05, 4.69) is 10.5 Å². The highest BCUT2D eigenvalue weighted by Gasteiger charge is 2.50. The average Bonchev–Trinajstić information content (AvgIpc) is 2.91. The van der Waals surface area contributed by atoms with Crippen molar-refractivity contribution in [1.82, 2.24) is 5.16 Å². The van der Waals surface area contributed by atoms with E-state index in [0.717, 1.165) is 25.9 Å². The third-order valence-corrected chi connectivity index (χ3v) is 4.88. The lowest BCUT2D eigenvalue weighted by molar-refractivity contribution is -0.958. The maximum atomic E-state index is 12.3. The van der Waals surface area contributed by atoms with Crippen LogP contribution < -0.4 is 5.32 Å². The van der Waals surface area contributed by atoms with Crippen LogP contribution in [-0.4, -0.2) is 52.4 Å². The molecule has 1 aromatic heterocycles. The van der Waals surface area contributed by atoms with Gasteiger partial charge in [-0.1, -0.05) is 5.16 Å². The fourth-order valence-electron chi connectivity index (χ4n) is 3.49. The Labute approximate surface area is 112 Å². The van der Waals surface area contributed by atoms with Crippen LogP contribution in [0.5, 0.6) is 0 Å². The SMILES string of the molecule is CC(C(=O)Nc1ccon1)[N+]12CCC(CC1)[C@@H](O)C2. The number of rotatable bonds is 3. The minimum absolute atomic E-state index is 0.0542.